The van der Waals surface area contributed by atoms with E-state index in [9.17, 15) is 0 Å². The molecule has 104 valence electrons. The molecule has 0 aromatic rings. The van der Waals surface area contributed by atoms with E-state index in [1.165, 1.54) is 11.8 Å². The molecule has 0 saturated heterocycles. The summed E-state index contributed by atoms with van der Waals surface area (Å²) in [6.07, 6.45) is 16.6. The van der Waals surface area contributed by atoms with Crippen LogP contribution in [0.15, 0.2) is 0 Å². The Kier molecular flexibility index (Phi) is 11.4. The van der Waals surface area contributed by atoms with Crippen molar-refractivity contribution >= 4 is 0 Å². The summed E-state index contributed by atoms with van der Waals surface area (Å²) in [6.45, 7) is 2.08. The first kappa shape index (κ1) is 19.4. The minimum absolute atomic E-state index is 0. The SMILES string of the molecule is CN(C)C[C]1[CH][CH][CH][C]1CN(C)C.[CH]1[CH][CH][CH][CH]1.[Fe+2]. The number of hydrogen-bond donors (Lipinski definition) is 0. The van der Waals surface area contributed by atoms with Crippen molar-refractivity contribution in [2.45, 2.75) is 0 Å². The molecule has 0 spiro atoms. The Morgan fingerprint density at radius 3 is 1.21 bits per heavy atom. The van der Waals surface area contributed by atoms with Gasteiger partial charge in [0.15, 0.2) is 0 Å². The van der Waals surface area contributed by atoms with E-state index in [2.05, 4.69) is 57.3 Å². The maximum atomic E-state index is 2.21. The maximum absolute atomic E-state index is 2.21. The van der Waals surface area contributed by atoms with Crippen LogP contribution < -0.4 is 0 Å². The molecule has 0 N–H and O–H groups in total. The van der Waals surface area contributed by atoms with Crippen LogP contribution in [0.3, 0.4) is 0 Å². The summed E-state index contributed by atoms with van der Waals surface area (Å²) in [5.41, 5.74) is 0. The van der Waals surface area contributed by atoms with Gasteiger partial charge in [0.2, 0.25) is 0 Å². The van der Waals surface area contributed by atoms with Crippen LogP contribution in [0.1, 0.15) is 0 Å². The van der Waals surface area contributed by atoms with Crippen molar-refractivity contribution in [1.29, 1.82) is 0 Å². The van der Waals surface area contributed by atoms with Crippen molar-refractivity contribution in [1.82, 2.24) is 9.80 Å². The van der Waals surface area contributed by atoms with E-state index >= 15 is 0 Å². The van der Waals surface area contributed by atoms with E-state index in [1.54, 1.807) is 0 Å². The molecule has 2 aliphatic rings. The predicted octanol–water partition coefficient (Wildman–Crippen LogP) is 1.90. The van der Waals surface area contributed by atoms with Crippen LogP contribution >= 0.6 is 0 Å². The Bertz CT molecular complexity index is 179. The molecule has 3 heteroatoms. The van der Waals surface area contributed by atoms with Crippen molar-refractivity contribution in [3.05, 3.63) is 63.2 Å². The van der Waals surface area contributed by atoms with Gasteiger partial charge in [0.25, 0.3) is 0 Å². The second kappa shape index (κ2) is 11.1. The fourth-order valence-corrected chi connectivity index (χ4v) is 1.81. The molecule has 2 nitrogen and oxygen atoms in total. The van der Waals surface area contributed by atoms with Gasteiger partial charge in [0.05, 0.1) is 0 Å². The summed E-state index contributed by atoms with van der Waals surface area (Å²) in [5.74, 6) is 2.89. The van der Waals surface area contributed by atoms with E-state index in [-0.39, 0.29) is 17.1 Å². The average molecular weight is 300 g/mol. The van der Waals surface area contributed by atoms with Gasteiger partial charge in [-0.2, -0.15) is 0 Å². The third-order valence-corrected chi connectivity index (χ3v) is 2.54. The molecule has 0 bridgehead atoms. The van der Waals surface area contributed by atoms with Gasteiger partial charge in [-0.05, 0) is 79.6 Å². The van der Waals surface area contributed by atoms with E-state index in [1.807, 2.05) is 32.1 Å². The molecule has 2 fully saturated rings. The zero-order valence-corrected chi connectivity index (χ0v) is 13.4. The Hall–Kier alpha value is 0.439. The molecule has 2 rings (SSSR count). The van der Waals surface area contributed by atoms with Crippen molar-refractivity contribution in [2.75, 3.05) is 41.3 Å². The first-order valence-corrected chi connectivity index (χ1v) is 6.29. The second-order valence-electron chi connectivity index (χ2n) is 5.01. The minimum atomic E-state index is 0. The van der Waals surface area contributed by atoms with E-state index in [4.69, 9.17) is 0 Å². The Balaban J connectivity index is 0.000000454. The molecule has 0 heterocycles. The molecule has 0 unspecified atom stereocenters. The second-order valence-corrected chi connectivity index (χ2v) is 5.01. The molecule has 0 atom stereocenters. The number of nitrogens with zero attached hydrogens (tertiary/aromatic N) is 2. The fraction of sp³-hybridized carbons (Fsp3) is 0.375. The average Bonchev–Trinajstić information content (AvgIpc) is 2.92. The van der Waals surface area contributed by atoms with Gasteiger partial charge < -0.3 is 9.80 Å². The fourth-order valence-electron chi connectivity index (χ4n) is 1.81. The van der Waals surface area contributed by atoms with Crippen LogP contribution in [0.25, 0.3) is 0 Å². The molecule has 0 aliphatic heterocycles. The van der Waals surface area contributed by atoms with Crippen LogP contribution in [-0.2, 0) is 17.1 Å². The standard InChI is InChI=1S/C11H19N2.C5H5.Fe/c1-12(2)8-10-6-5-7-11(10)9-13(3)4;1-2-4-5-3-1;/h5-7H,8-9H2,1-4H3;1-5H;/q;;+2. The Labute approximate surface area is 131 Å². The quantitative estimate of drug-likeness (QED) is 0.732. The first-order valence-electron chi connectivity index (χ1n) is 6.29. The predicted molar refractivity (Wildman–Crippen MR) is 78.0 cm³/mol. The Morgan fingerprint density at radius 1 is 0.632 bits per heavy atom. The summed E-state index contributed by atoms with van der Waals surface area (Å²) in [6, 6.07) is 0. The van der Waals surface area contributed by atoms with Crippen LogP contribution in [0.4, 0.5) is 0 Å². The smallest absolute Gasteiger partial charge is 0.309 e. The number of rotatable bonds is 4. The molecule has 2 aliphatic carbocycles. The van der Waals surface area contributed by atoms with Crippen molar-refractivity contribution in [2.24, 2.45) is 0 Å². The molecule has 19 heavy (non-hydrogen) atoms. The zero-order chi connectivity index (χ0) is 13.4. The van der Waals surface area contributed by atoms with Gasteiger partial charge >= 0.3 is 17.1 Å². The van der Waals surface area contributed by atoms with Gasteiger partial charge in [-0.3, -0.25) is 0 Å². The van der Waals surface area contributed by atoms with Crippen LogP contribution in [0, 0.1) is 63.2 Å². The molecule has 0 aromatic carbocycles. The summed E-state index contributed by atoms with van der Waals surface area (Å²) in [7, 11) is 8.41. The maximum Gasteiger partial charge on any atom is 2.00 e. The third-order valence-electron chi connectivity index (χ3n) is 2.54. The largest absolute Gasteiger partial charge is 2.00 e. The third kappa shape index (κ3) is 9.07. The van der Waals surface area contributed by atoms with Crippen LogP contribution in [-0.4, -0.2) is 51.1 Å². The van der Waals surface area contributed by atoms with Gasteiger partial charge in [-0.1, -0.05) is 0 Å². The van der Waals surface area contributed by atoms with Crippen molar-refractivity contribution in [3.8, 4) is 0 Å². The zero-order valence-electron chi connectivity index (χ0n) is 12.3. The summed E-state index contributed by atoms with van der Waals surface area (Å²) >= 11 is 0. The summed E-state index contributed by atoms with van der Waals surface area (Å²) < 4.78 is 0. The molecular formula is C16H24FeN2+2. The molecule has 0 aromatic heterocycles. The van der Waals surface area contributed by atoms with Crippen LogP contribution in [0.2, 0.25) is 0 Å². The summed E-state index contributed by atoms with van der Waals surface area (Å²) in [5, 5.41) is 0. The first-order chi connectivity index (χ1) is 8.59. The normalized spacial score (nSPS) is 20.5. The van der Waals surface area contributed by atoms with Gasteiger partial charge in [0, 0.05) is 24.9 Å². The minimum Gasteiger partial charge on any atom is -0.309 e. The van der Waals surface area contributed by atoms with E-state index in [0.29, 0.717) is 0 Å². The number of hydrogen-bond acceptors (Lipinski definition) is 2. The molecule has 2 saturated carbocycles. The monoisotopic (exact) mass is 300 g/mol. The van der Waals surface area contributed by atoms with E-state index < -0.39 is 0 Å². The van der Waals surface area contributed by atoms with Gasteiger partial charge in [0.1, 0.15) is 0 Å². The van der Waals surface area contributed by atoms with Gasteiger partial charge in [-0.25, -0.2) is 0 Å². The molecular weight excluding hydrogens is 276 g/mol. The topological polar surface area (TPSA) is 6.48 Å². The summed E-state index contributed by atoms with van der Waals surface area (Å²) in [4.78, 5) is 4.41. The van der Waals surface area contributed by atoms with Crippen molar-refractivity contribution in [3.63, 3.8) is 0 Å². The molecule has 0 amide bonds. The van der Waals surface area contributed by atoms with E-state index in [0.717, 1.165) is 13.1 Å². The molecule has 10 radical (unpaired) electrons. The Morgan fingerprint density at radius 2 is 0.947 bits per heavy atom. The van der Waals surface area contributed by atoms with Gasteiger partial charge in [-0.15, -0.1) is 0 Å². The van der Waals surface area contributed by atoms with Crippen molar-refractivity contribution < 1.29 is 17.1 Å². The van der Waals surface area contributed by atoms with Crippen LogP contribution in [0.5, 0.6) is 0 Å².